The third-order valence-electron chi connectivity index (χ3n) is 4.94. The Balaban J connectivity index is 1.71. The van der Waals surface area contributed by atoms with E-state index in [1.54, 1.807) is 7.11 Å². The molecule has 5 rings (SSSR count). The summed E-state index contributed by atoms with van der Waals surface area (Å²) in [5.74, 6) is 3.38. The van der Waals surface area contributed by atoms with Crippen LogP contribution in [0.5, 0.6) is 23.0 Å². The molecule has 3 aliphatic heterocycles. The van der Waals surface area contributed by atoms with Gasteiger partial charge in [0.05, 0.1) is 7.11 Å². The summed E-state index contributed by atoms with van der Waals surface area (Å²) in [6.07, 6.45) is 3.18. The topological polar surface area (TPSA) is 54.0 Å². The molecule has 0 N–H and O–H groups in total. The first kappa shape index (κ1) is 16.4. The van der Waals surface area contributed by atoms with E-state index in [0.29, 0.717) is 11.5 Å². The van der Waals surface area contributed by atoms with Crippen LogP contribution in [0.3, 0.4) is 0 Å². The van der Waals surface area contributed by atoms with Crippen LogP contribution < -0.4 is 29.4 Å². The number of carbonyl (C=O) groups excluding carboxylic acids is 1. The van der Waals surface area contributed by atoms with Gasteiger partial charge in [0.15, 0.2) is 23.0 Å². The molecule has 3 aliphatic rings. The molecular formula is C21H18O5S. The van der Waals surface area contributed by atoms with Gasteiger partial charge in [-0.3, -0.25) is 4.79 Å². The summed E-state index contributed by atoms with van der Waals surface area (Å²) in [6.45, 7) is 1.69. The van der Waals surface area contributed by atoms with Gasteiger partial charge in [0.25, 0.3) is 0 Å². The minimum absolute atomic E-state index is 0.0643. The molecule has 2 aromatic carbocycles. The van der Waals surface area contributed by atoms with Gasteiger partial charge in [-0.15, -0.1) is 0 Å². The van der Waals surface area contributed by atoms with Gasteiger partial charge >= 0.3 is 5.97 Å². The standard InChI is InChI=1S/C21H18O5S/c1-12(22)26-21-16-10-27-6-5-14-7-18-19(25-11-24-18)9-15(14)20(27)8-13(16)3-4-17(21)23-2/h3-4,7-10H,5-6,11H2,1-2H3. The summed E-state index contributed by atoms with van der Waals surface area (Å²) in [5.41, 5.74) is 2.51. The number of rotatable bonds is 2. The van der Waals surface area contributed by atoms with Crippen LogP contribution in [-0.4, -0.2) is 30.5 Å². The quantitative estimate of drug-likeness (QED) is 0.451. The van der Waals surface area contributed by atoms with Gasteiger partial charge in [-0.1, -0.05) is 6.07 Å². The number of methoxy groups -OCH3 is 1. The molecule has 0 saturated carbocycles. The van der Waals surface area contributed by atoms with E-state index in [-0.39, 0.29) is 23.2 Å². The number of hydrogen-bond donors (Lipinski definition) is 0. The third-order valence-corrected chi connectivity index (χ3v) is 7.01. The number of hydrogen-bond acceptors (Lipinski definition) is 5. The summed E-state index contributed by atoms with van der Waals surface area (Å²) in [4.78, 5) is 12.9. The fraction of sp³-hybridized carbons (Fsp3) is 0.238. The largest absolute Gasteiger partial charge is 0.493 e. The number of aryl methyl sites for hydroxylation is 1. The van der Waals surface area contributed by atoms with Crippen molar-refractivity contribution in [2.75, 3.05) is 19.7 Å². The average Bonchev–Trinajstić information content (AvgIpc) is 3.12. The molecule has 0 spiro atoms. The molecule has 0 fully saturated rings. The maximum atomic E-state index is 11.6. The van der Waals surface area contributed by atoms with Gasteiger partial charge < -0.3 is 18.9 Å². The van der Waals surface area contributed by atoms with E-state index in [2.05, 4.69) is 23.6 Å². The number of esters is 1. The van der Waals surface area contributed by atoms with E-state index < -0.39 is 0 Å². The Morgan fingerprint density at radius 2 is 2.00 bits per heavy atom. The summed E-state index contributed by atoms with van der Waals surface area (Å²) < 4.78 is 22.0. The molecular weight excluding hydrogens is 364 g/mol. The van der Waals surface area contributed by atoms with Crippen molar-refractivity contribution in [1.29, 1.82) is 0 Å². The van der Waals surface area contributed by atoms with Crippen molar-refractivity contribution in [3.05, 3.63) is 45.8 Å². The Morgan fingerprint density at radius 1 is 1.19 bits per heavy atom. The predicted molar refractivity (Wildman–Crippen MR) is 105 cm³/mol. The van der Waals surface area contributed by atoms with Crippen LogP contribution in [0.1, 0.15) is 18.1 Å². The van der Waals surface area contributed by atoms with Gasteiger partial charge in [-0.2, -0.15) is 10.5 Å². The average molecular weight is 382 g/mol. The molecule has 27 heavy (non-hydrogen) atoms. The molecule has 0 radical (unpaired) electrons. The van der Waals surface area contributed by atoms with Crippen LogP contribution in [0.4, 0.5) is 0 Å². The fourth-order valence-corrected chi connectivity index (χ4v) is 5.89. The molecule has 0 amide bonds. The highest BCUT2D eigenvalue weighted by Crippen LogP contribution is 2.40. The van der Waals surface area contributed by atoms with E-state index in [9.17, 15) is 4.79 Å². The van der Waals surface area contributed by atoms with Gasteiger partial charge in [-0.25, -0.2) is 0 Å². The molecule has 6 heteroatoms. The van der Waals surface area contributed by atoms with E-state index >= 15 is 0 Å². The normalized spacial score (nSPS) is 18.4. The molecule has 1 unspecified atom stereocenters. The molecule has 2 aromatic rings. The summed E-state index contributed by atoms with van der Waals surface area (Å²) in [5, 5.41) is 4.18. The second kappa shape index (κ2) is 6.16. The van der Waals surface area contributed by atoms with E-state index in [0.717, 1.165) is 34.1 Å². The van der Waals surface area contributed by atoms with Crippen molar-refractivity contribution < 1.29 is 23.7 Å². The van der Waals surface area contributed by atoms with Gasteiger partial charge in [0.2, 0.25) is 6.79 Å². The molecule has 0 saturated heterocycles. The molecule has 0 bridgehead atoms. The molecule has 3 heterocycles. The zero-order valence-corrected chi connectivity index (χ0v) is 15.9. The van der Waals surface area contributed by atoms with Crippen LogP contribution in [0, 0.1) is 0 Å². The van der Waals surface area contributed by atoms with Crippen molar-refractivity contribution in [1.82, 2.24) is 0 Å². The van der Waals surface area contributed by atoms with Crippen molar-refractivity contribution in [3.8, 4) is 23.0 Å². The molecule has 0 aliphatic carbocycles. The van der Waals surface area contributed by atoms with Gasteiger partial charge in [0.1, 0.15) is 0 Å². The second-order valence-electron chi connectivity index (χ2n) is 6.57. The van der Waals surface area contributed by atoms with Crippen LogP contribution in [-0.2, 0) is 11.2 Å². The number of benzene rings is 2. The molecule has 138 valence electrons. The summed E-state index contributed by atoms with van der Waals surface area (Å²) in [6, 6.07) is 8.05. The molecule has 5 nitrogen and oxygen atoms in total. The Labute approximate surface area is 158 Å². The zero-order valence-electron chi connectivity index (χ0n) is 15.0. The second-order valence-corrected chi connectivity index (χ2v) is 8.51. The van der Waals surface area contributed by atoms with Crippen molar-refractivity contribution >= 4 is 32.8 Å². The lowest BCUT2D eigenvalue weighted by molar-refractivity contribution is -0.132. The molecule has 0 aromatic heterocycles. The van der Waals surface area contributed by atoms with Crippen molar-refractivity contribution in [3.63, 3.8) is 0 Å². The lowest BCUT2D eigenvalue weighted by Gasteiger charge is -2.24. The minimum Gasteiger partial charge on any atom is -0.493 e. The number of ether oxygens (including phenoxy) is 4. The molecule has 1 atom stereocenters. The first-order valence-electron chi connectivity index (χ1n) is 8.72. The lowest BCUT2D eigenvalue weighted by Crippen LogP contribution is -2.32. The van der Waals surface area contributed by atoms with Crippen LogP contribution in [0.2, 0.25) is 0 Å². The highest BCUT2D eigenvalue weighted by molar-refractivity contribution is 8.23. The van der Waals surface area contributed by atoms with Crippen molar-refractivity contribution in [2.45, 2.75) is 13.3 Å². The maximum Gasteiger partial charge on any atom is 0.308 e. The third kappa shape index (κ3) is 2.63. The van der Waals surface area contributed by atoms with E-state index in [1.807, 2.05) is 12.1 Å². The van der Waals surface area contributed by atoms with Crippen LogP contribution in [0.15, 0.2) is 24.3 Å². The Hall–Kier alpha value is -2.73. The van der Waals surface area contributed by atoms with E-state index in [4.69, 9.17) is 18.9 Å². The minimum atomic E-state index is -0.352. The summed E-state index contributed by atoms with van der Waals surface area (Å²) in [7, 11) is 1.52. The SMILES string of the molecule is COc1ccc2c(c1OC(C)=O)=CS1=C(C=2)c2cc3c(cc2CC1)OCO3. The Kier molecular flexibility index (Phi) is 3.75. The number of fused-ring (bicyclic) bond motifs is 4. The number of carbonyl (C=O) groups is 1. The van der Waals surface area contributed by atoms with E-state index in [1.165, 1.54) is 22.9 Å². The van der Waals surface area contributed by atoms with Crippen LogP contribution in [0.25, 0.3) is 11.5 Å². The predicted octanol–water partition coefficient (Wildman–Crippen LogP) is 1.93. The first-order chi connectivity index (χ1) is 13.1. The maximum absolute atomic E-state index is 11.6. The zero-order chi connectivity index (χ0) is 18.5. The first-order valence-corrected chi connectivity index (χ1v) is 10.2. The Bertz CT molecular complexity index is 1150. The van der Waals surface area contributed by atoms with Crippen LogP contribution >= 0.6 is 10.5 Å². The van der Waals surface area contributed by atoms with Gasteiger partial charge in [-0.05, 0) is 58.2 Å². The highest BCUT2D eigenvalue weighted by Gasteiger charge is 2.24. The fourth-order valence-electron chi connectivity index (χ4n) is 3.70. The highest BCUT2D eigenvalue weighted by atomic mass is 32.2. The smallest absolute Gasteiger partial charge is 0.308 e. The van der Waals surface area contributed by atoms with Crippen molar-refractivity contribution in [2.24, 2.45) is 0 Å². The lowest BCUT2D eigenvalue weighted by atomic mass is 9.99. The monoisotopic (exact) mass is 382 g/mol. The van der Waals surface area contributed by atoms with Gasteiger partial charge in [0, 0.05) is 17.0 Å². The summed E-state index contributed by atoms with van der Waals surface area (Å²) >= 11 is 0. The Morgan fingerprint density at radius 3 is 2.78 bits per heavy atom.